The number of para-hydroxylation sites is 1. The molecule has 0 atom stereocenters. The van der Waals surface area contributed by atoms with Crippen LogP contribution in [0, 0.1) is 11.5 Å². The highest BCUT2D eigenvalue weighted by Crippen LogP contribution is 2.14. The lowest BCUT2D eigenvalue weighted by molar-refractivity contribution is -0.143. The van der Waals surface area contributed by atoms with Crippen LogP contribution in [0.25, 0.3) is 0 Å². The van der Waals surface area contributed by atoms with Gasteiger partial charge in [-0.25, -0.2) is 0 Å². The molecule has 1 N–H and O–H groups in total. The van der Waals surface area contributed by atoms with Crippen LogP contribution in [0.3, 0.4) is 0 Å². The summed E-state index contributed by atoms with van der Waals surface area (Å²) in [6.45, 7) is 2.02. The summed E-state index contributed by atoms with van der Waals surface area (Å²) in [4.78, 5) is 27.0. The van der Waals surface area contributed by atoms with Crippen LogP contribution in [-0.4, -0.2) is 24.4 Å². The topological polar surface area (TPSA) is 101 Å². The van der Waals surface area contributed by atoms with E-state index < -0.39 is 0 Å². The van der Waals surface area contributed by atoms with Crippen molar-refractivity contribution in [1.29, 1.82) is 5.26 Å². The van der Waals surface area contributed by atoms with E-state index in [0.29, 0.717) is 23.6 Å². The predicted octanol–water partition coefficient (Wildman–Crippen LogP) is 3.54. The molecule has 138 valence electrons. The quantitative estimate of drug-likeness (QED) is 0.265. The Bertz CT molecular complexity index is 840. The van der Waals surface area contributed by atoms with Crippen LogP contribution < -0.4 is 10.1 Å². The van der Waals surface area contributed by atoms with E-state index in [1.807, 2.05) is 6.07 Å². The van der Waals surface area contributed by atoms with Gasteiger partial charge in [-0.15, -0.1) is 4.99 Å². The first-order valence-electron chi connectivity index (χ1n) is 8.38. The molecule has 0 aliphatic rings. The molecule has 0 aromatic heterocycles. The van der Waals surface area contributed by atoms with Gasteiger partial charge in [0.1, 0.15) is 5.75 Å². The number of anilines is 1. The maximum atomic E-state index is 12.1. The van der Waals surface area contributed by atoms with E-state index in [-0.39, 0.29) is 30.6 Å². The first-order chi connectivity index (χ1) is 13.1. The van der Waals surface area contributed by atoms with Gasteiger partial charge in [0.15, 0.2) is 5.78 Å². The van der Waals surface area contributed by atoms with Crippen LogP contribution in [0.4, 0.5) is 5.69 Å². The number of benzene rings is 2. The van der Waals surface area contributed by atoms with Gasteiger partial charge in [0.2, 0.25) is 6.19 Å². The van der Waals surface area contributed by atoms with Crippen LogP contribution in [0.1, 0.15) is 30.1 Å². The van der Waals surface area contributed by atoms with Gasteiger partial charge in [0.25, 0.3) is 0 Å². The zero-order chi connectivity index (χ0) is 19.5. The number of ketones is 1. The number of ether oxygens (including phenoxy) is 2. The number of aliphatic imine (C=N–C) groups is 1. The molecule has 0 aliphatic carbocycles. The molecule has 0 heterocycles. The fraction of sp³-hybridized carbons (Fsp3) is 0.200. The fourth-order valence-electron chi connectivity index (χ4n) is 2.18. The van der Waals surface area contributed by atoms with Crippen molar-refractivity contribution >= 4 is 23.5 Å². The number of esters is 1. The normalized spacial score (nSPS) is 10.6. The molecule has 0 amide bonds. The molecule has 0 aliphatic heterocycles. The van der Waals surface area contributed by atoms with Crippen LogP contribution in [-0.2, 0) is 9.53 Å². The van der Waals surface area contributed by atoms with Crippen molar-refractivity contribution in [3.8, 4) is 11.9 Å². The van der Waals surface area contributed by atoms with Crippen molar-refractivity contribution < 1.29 is 19.1 Å². The van der Waals surface area contributed by atoms with Gasteiger partial charge in [0.05, 0.1) is 13.0 Å². The molecule has 2 aromatic rings. The number of carbonyl (C=O) groups is 2. The first kappa shape index (κ1) is 19.7. The summed E-state index contributed by atoms with van der Waals surface area (Å²) in [5.41, 5.74) is 1.08. The number of Topliss-reactive ketones (excluding diaryl/α,β-unsaturated/α-hetero) is 1. The highest BCUT2D eigenvalue weighted by atomic mass is 16.5. The lowest BCUT2D eigenvalue weighted by atomic mass is 10.1. The zero-order valence-corrected chi connectivity index (χ0v) is 14.8. The van der Waals surface area contributed by atoms with E-state index in [4.69, 9.17) is 14.7 Å². The maximum absolute atomic E-state index is 12.1. The summed E-state index contributed by atoms with van der Waals surface area (Å²) in [6, 6.07) is 15.5. The molecule has 0 spiro atoms. The molecule has 7 heteroatoms. The second kappa shape index (κ2) is 10.4. The smallest absolute Gasteiger partial charge is 0.310 e. The summed E-state index contributed by atoms with van der Waals surface area (Å²) < 4.78 is 10.3. The minimum atomic E-state index is -0.389. The molecular weight excluding hydrogens is 346 g/mol. The zero-order valence-electron chi connectivity index (χ0n) is 14.8. The van der Waals surface area contributed by atoms with Gasteiger partial charge in [-0.1, -0.05) is 18.2 Å². The Balaban J connectivity index is 1.97. The molecule has 0 saturated heterocycles. The molecule has 0 fully saturated rings. The SMILES string of the molecule is CCOC(=O)CCC(=O)c1ccc(NC(=NC#N)Oc2ccccc2)cc1. The van der Waals surface area contributed by atoms with Crippen molar-refractivity contribution in [2.45, 2.75) is 19.8 Å². The molecular formula is C20H19N3O4. The Labute approximate surface area is 157 Å². The van der Waals surface area contributed by atoms with E-state index in [0.717, 1.165) is 0 Å². The van der Waals surface area contributed by atoms with Gasteiger partial charge in [0, 0.05) is 17.7 Å². The standard InChI is InChI=1S/C20H19N3O4/c1-2-26-19(25)13-12-18(24)15-8-10-16(11-9-15)23-20(22-14-21)27-17-6-4-3-5-7-17/h3-11H,2,12-13H2,1H3,(H,22,23). The van der Waals surface area contributed by atoms with Crippen molar-refractivity contribution in [2.75, 3.05) is 11.9 Å². The van der Waals surface area contributed by atoms with Crippen LogP contribution in [0.5, 0.6) is 5.75 Å². The third kappa shape index (κ3) is 6.63. The molecule has 2 aromatic carbocycles. The second-order valence-corrected chi connectivity index (χ2v) is 5.36. The van der Waals surface area contributed by atoms with Gasteiger partial charge in [-0.05, 0) is 43.3 Å². The average molecular weight is 365 g/mol. The highest BCUT2D eigenvalue weighted by Gasteiger charge is 2.10. The van der Waals surface area contributed by atoms with Crippen LogP contribution in [0.2, 0.25) is 0 Å². The largest absolute Gasteiger partial charge is 0.466 e. The van der Waals surface area contributed by atoms with Gasteiger partial charge in [-0.3, -0.25) is 9.59 Å². The number of nitriles is 1. The molecule has 0 saturated carbocycles. The fourth-order valence-corrected chi connectivity index (χ4v) is 2.18. The van der Waals surface area contributed by atoms with E-state index in [2.05, 4.69) is 10.3 Å². The second-order valence-electron chi connectivity index (χ2n) is 5.36. The summed E-state index contributed by atoms with van der Waals surface area (Å²) >= 11 is 0. The average Bonchev–Trinajstić information content (AvgIpc) is 2.68. The Morgan fingerprint density at radius 2 is 1.78 bits per heavy atom. The predicted molar refractivity (Wildman–Crippen MR) is 100 cm³/mol. The van der Waals surface area contributed by atoms with Crippen molar-refractivity contribution in [3.63, 3.8) is 0 Å². The summed E-state index contributed by atoms with van der Waals surface area (Å²) in [6.07, 6.45) is 1.82. The van der Waals surface area contributed by atoms with Gasteiger partial charge in [-0.2, -0.15) is 5.26 Å². The third-order valence-corrected chi connectivity index (χ3v) is 3.43. The Hall–Kier alpha value is -3.66. The van der Waals surface area contributed by atoms with E-state index in [1.165, 1.54) is 0 Å². The summed E-state index contributed by atoms with van der Waals surface area (Å²) in [5, 5.41) is 11.7. The Kier molecular flexibility index (Phi) is 7.54. The highest BCUT2D eigenvalue weighted by molar-refractivity contribution is 5.98. The number of carbonyl (C=O) groups excluding carboxylic acids is 2. The summed E-state index contributed by atoms with van der Waals surface area (Å²) in [7, 11) is 0. The number of nitrogens with zero attached hydrogens (tertiary/aromatic N) is 2. The number of hydrogen-bond acceptors (Lipinski definition) is 6. The molecule has 0 radical (unpaired) electrons. The molecule has 7 nitrogen and oxygen atoms in total. The Morgan fingerprint density at radius 1 is 1.07 bits per heavy atom. The van der Waals surface area contributed by atoms with E-state index in [1.54, 1.807) is 61.6 Å². The number of hydrogen-bond donors (Lipinski definition) is 1. The number of rotatable bonds is 7. The monoisotopic (exact) mass is 365 g/mol. The molecule has 27 heavy (non-hydrogen) atoms. The van der Waals surface area contributed by atoms with E-state index in [9.17, 15) is 9.59 Å². The van der Waals surface area contributed by atoms with Crippen LogP contribution >= 0.6 is 0 Å². The maximum Gasteiger partial charge on any atom is 0.310 e. The van der Waals surface area contributed by atoms with Crippen LogP contribution in [0.15, 0.2) is 59.6 Å². The van der Waals surface area contributed by atoms with Gasteiger partial charge < -0.3 is 14.8 Å². The van der Waals surface area contributed by atoms with Crippen molar-refractivity contribution in [2.24, 2.45) is 4.99 Å². The van der Waals surface area contributed by atoms with Crippen molar-refractivity contribution in [1.82, 2.24) is 0 Å². The lowest BCUT2D eigenvalue weighted by Gasteiger charge is -2.10. The summed E-state index contributed by atoms with van der Waals surface area (Å²) in [5.74, 6) is -0.00892. The molecule has 0 unspecified atom stereocenters. The third-order valence-electron chi connectivity index (χ3n) is 3.43. The minimum absolute atomic E-state index is 0.0186. The minimum Gasteiger partial charge on any atom is -0.466 e. The molecule has 2 rings (SSSR count). The lowest BCUT2D eigenvalue weighted by Crippen LogP contribution is -2.19. The molecule has 0 bridgehead atoms. The van der Waals surface area contributed by atoms with Gasteiger partial charge >= 0.3 is 12.0 Å². The van der Waals surface area contributed by atoms with E-state index >= 15 is 0 Å². The van der Waals surface area contributed by atoms with Crippen molar-refractivity contribution in [3.05, 3.63) is 60.2 Å². The first-order valence-corrected chi connectivity index (χ1v) is 8.38. The number of amidine groups is 1. The Morgan fingerprint density at radius 3 is 2.41 bits per heavy atom. The number of nitrogens with one attached hydrogen (secondary N) is 1.